The highest BCUT2D eigenvalue weighted by molar-refractivity contribution is 5.92. The summed E-state index contributed by atoms with van der Waals surface area (Å²) < 4.78 is 5.36. The van der Waals surface area contributed by atoms with Gasteiger partial charge < -0.3 is 20.3 Å². The van der Waals surface area contributed by atoms with Crippen LogP contribution in [0.4, 0.5) is 4.79 Å². The maximum Gasteiger partial charge on any atom is 0.408 e. The molecule has 0 bridgehead atoms. The Hall–Kier alpha value is -3.27. The van der Waals surface area contributed by atoms with Crippen molar-refractivity contribution in [3.63, 3.8) is 0 Å². The zero-order valence-corrected chi connectivity index (χ0v) is 21.3. The van der Waals surface area contributed by atoms with Crippen molar-refractivity contribution in [1.29, 1.82) is 0 Å². The third-order valence-electron chi connectivity index (χ3n) is 5.01. The molecule has 186 valence electrons. The highest BCUT2D eigenvalue weighted by Gasteiger charge is 2.37. The van der Waals surface area contributed by atoms with Crippen LogP contribution in [0, 0.1) is 18.3 Å². The summed E-state index contributed by atoms with van der Waals surface area (Å²) in [4.78, 5) is 41.1. The van der Waals surface area contributed by atoms with Gasteiger partial charge in [0, 0.05) is 18.7 Å². The van der Waals surface area contributed by atoms with Crippen LogP contribution in [0.5, 0.6) is 0 Å². The number of rotatable bonds is 11. The summed E-state index contributed by atoms with van der Waals surface area (Å²) in [7, 11) is 0. The van der Waals surface area contributed by atoms with Gasteiger partial charge in [0.2, 0.25) is 11.8 Å². The van der Waals surface area contributed by atoms with Gasteiger partial charge in [0.15, 0.2) is 0 Å². The molecule has 2 N–H and O–H groups in total. The quantitative estimate of drug-likeness (QED) is 0.289. The lowest BCUT2D eigenvalue weighted by Gasteiger charge is -2.35. The first-order valence-corrected chi connectivity index (χ1v) is 11.7. The molecule has 0 aliphatic heterocycles. The number of unbranched alkanes of at least 4 members (excludes halogenated alkanes) is 1. The second kappa shape index (κ2) is 13.4. The Morgan fingerprint density at radius 3 is 2.41 bits per heavy atom. The predicted octanol–water partition coefficient (Wildman–Crippen LogP) is 4.19. The van der Waals surface area contributed by atoms with Crippen LogP contribution in [-0.2, 0) is 14.3 Å². The minimum absolute atomic E-state index is 0.0861. The molecule has 7 nitrogen and oxygen atoms in total. The number of terminal acetylenes is 1. The van der Waals surface area contributed by atoms with Crippen LogP contribution in [-0.4, -0.2) is 47.5 Å². The van der Waals surface area contributed by atoms with E-state index in [1.807, 2.05) is 20.8 Å². The number of nitrogens with one attached hydrogen (secondary N) is 2. The molecule has 0 spiro atoms. The molecule has 1 aromatic carbocycles. The van der Waals surface area contributed by atoms with E-state index in [4.69, 9.17) is 11.2 Å². The minimum atomic E-state index is -0.990. The molecule has 0 radical (unpaired) electrons. The standard InChI is InChI=1S/C27H39N3O4/c1-9-12-17-28-24(31)23(21-16-14-13-15-20(21)11-3)30(18-10-2)25(32)22(19(4)5)29-26(33)34-27(6,7)8/h3,10,13-16,19,22-23H,2,9,12,17-18H2,1,4-8H3,(H,28,31)(H,29,33). The molecule has 0 saturated heterocycles. The van der Waals surface area contributed by atoms with Gasteiger partial charge in [0.1, 0.15) is 17.7 Å². The molecular weight excluding hydrogens is 430 g/mol. The van der Waals surface area contributed by atoms with E-state index in [1.165, 1.54) is 4.90 Å². The summed E-state index contributed by atoms with van der Waals surface area (Å²) in [5.41, 5.74) is 0.332. The van der Waals surface area contributed by atoms with Gasteiger partial charge in [-0.05, 0) is 44.7 Å². The zero-order valence-electron chi connectivity index (χ0n) is 21.3. The Bertz CT molecular complexity index is 896. The van der Waals surface area contributed by atoms with Gasteiger partial charge >= 0.3 is 6.09 Å². The number of benzene rings is 1. The third-order valence-corrected chi connectivity index (χ3v) is 5.01. The van der Waals surface area contributed by atoms with Crippen LogP contribution < -0.4 is 10.6 Å². The van der Waals surface area contributed by atoms with E-state index in [1.54, 1.807) is 51.1 Å². The van der Waals surface area contributed by atoms with Crippen LogP contribution in [0.15, 0.2) is 36.9 Å². The molecule has 0 saturated carbocycles. The largest absolute Gasteiger partial charge is 0.444 e. The third kappa shape index (κ3) is 8.58. The van der Waals surface area contributed by atoms with Crippen molar-refractivity contribution in [2.24, 2.45) is 5.92 Å². The van der Waals surface area contributed by atoms with Gasteiger partial charge in [-0.1, -0.05) is 57.4 Å². The van der Waals surface area contributed by atoms with Crippen LogP contribution >= 0.6 is 0 Å². The molecule has 34 heavy (non-hydrogen) atoms. The summed E-state index contributed by atoms with van der Waals surface area (Å²) in [5.74, 6) is 1.58. The Balaban J connectivity index is 3.45. The SMILES string of the molecule is C#Cc1ccccc1C(C(=O)NCCCC)N(CC=C)C(=O)C(NC(=O)OC(C)(C)C)C(C)C. The highest BCUT2D eigenvalue weighted by atomic mass is 16.6. The van der Waals surface area contributed by atoms with Gasteiger partial charge in [0.25, 0.3) is 0 Å². The lowest BCUT2D eigenvalue weighted by atomic mass is 9.96. The van der Waals surface area contributed by atoms with E-state index < -0.39 is 29.7 Å². The van der Waals surface area contributed by atoms with Gasteiger partial charge in [-0.25, -0.2) is 4.79 Å². The van der Waals surface area contributed by atoms with Crippen molar-refractivity contribution < 1.29 is 19.1 Å². The van der Waals surface area contributed by atoms with Gasteiger partial charge in [-0.2, -0.15) is 0 Å². The topological polar surface area (TPSA) is 87.7 Å². The van der Waals surface area contributed by atoms with Crippen molar-refractivity contribution in [2.75, 3.05) is 13.1 Å². The van der Waals surface area contributed by atoms with Crippen LogP contribution in [0.3, 0.4) is 0 Å². The molecule has 7 heteroatoms. The molecule has 0 aliphatic carbocycles. The molecule has 2 unspecified atom stereocenters. The second-order valence-corrected chi connectivity index (χ2v) is 9.43. The maximum absolute atomic E-state index is 13.8. The van der Waals surface area contributed by atoms with Crippen molar-refractivity contribution in [3.8, 4) is 12.3 Å². The number of carbonyl (C=O) groups is 3. The fourth-order valence-electron chi connectivity index (χ4n) is 3.39. The zero-order chi connectivity index (χ0) is 25.9. The first-order valence-electron chi connectivity index (χ1n) is 11.7. The Morgan fingerprint density at radius 2 is 1.88 bits per heavy atom. The first-order chi connectivity index (χ1) is 16.0. The van der Waals surface area contributed by atoms with Crippen molar-refractivity contribution >= 4 is 17.9 Å². The number of hydrogen-bond acceptors (Lipinski definition) is 4. The van der Waals surface area contributed by atoms with Crippen LogP contribution in [0.2, 0.25) is 0 Å². The average Bonchev–Trinajstić information content (AvgIpc) is 2.75. The van der Waals surface area contributed by atoms with Gasteiger partial charge in [-0.15, -0.1) is 13.0 Å². The first kappa shape index (κ1) is 28.8. The molecule has 0 aliphatic rings. The molecule has 2 atom stereocenters. The smallest absolute Gasteiger partial charge is 0.408 e. The number of alkyl carbamates (subject to hydrolysis) is 1. The molecule has 1 aromatic rings. The van der Waals surface area contributed by atoms with Crippen molar-refractivity contribution in [1.82, 2.24) is 15.5 Å². The lowest BCUT2D eigenvalue weighted by molar-refractivity contribution is -0.142. The predicted molar refractivity (Wildman–Crippen MR) is 135 cm³/mol. The van der Waals surface area contributed by atoms with E-state index >= 15 is 0 Å². The van der Waals surface area contributed by atoms with Gasteiger partial charge in [-0.3, -0.25) is 9.59 Å². The molecule has 0 fully saturated rings. The maximum atomic E-state index is 13.8. The van der Waals surface area contributed by atoms with E-state index in [9.17, 15) is 14.4 Å². The Labute approximate surface area is 204 Å². The summed E-state index contributed by atoms with van der Waals surface area (Å²) >= 11 is 0. The van der Waals surface area contributed by atoms with E-state index in [2.05, 4.69) is 23.1 Å². The summed E-state index contributed by atoms with van der Waals surface area (Å²) in [5, 5.41) is 5.60. The van der Waals surface area contributed by atoms with Gasteiger partial charge in [0.05, 0.1) is 0 Å². The summed E-state index contributed by atoms with van der Waals surface area (Å²) in [6.07, 6.45) is 8.28. The average molecular weight is 470 g/mol. The van der Waals surface area contributed by atoms with Crippen LogP contribution in [0.25, 0.3) is 0 Å². The number of ether oxygens (including phenoxy) is 1. The second-order valence-electron chi connectivity index (χ2n) is 9.43. The number of hydrogen-bond donors (Lipinski definition) is 2. The van der Waals surface area contributed by atoms with E-state index in [0.29, 0.717) is 17.7 Å². The van der Waals surface area contributed by atoms with Crippen molar-refractivity contribution in [3.05, 3.63) is 48.0 Å². The van der Waals surface area contributed by atoms with Crippen molar-refractivity contribution in [2.45, 2.75) is 72.1 Å². The fraction of sp³-hybridized carbons (Fsp3) is 0.519. The monoisotopic (exact) mass is 469 g/mol. The molecule has 1 rings (SSSR count). The number of carbonyl (C=O) groups excluding carboxylic acids is 3. The molecule has 0 heterocycles. The number of nitrogens with zero attached hydrogens (tertiary/aromatic N) is 1. The highest BCUT2D eigenvalue weighted by Crippen LogP contribution is 2.26. The summed E-state index contributed by atoms with van der Waals surface area (Å²) in [6, 6.07) is 5.13. The van der Waals surface area contributed by atoms with Crippen LogP contribution in [0.1, 0.15) is 71.6 Å². The molecule has 3 amide bonds. The normalized spacial score (nSPS) is 12.8. The fourth-order valence-corrected chi connectivity index (χ4v) is 3.39. The van der Waals surface area contributed by atoms with E-state index in [-0.39, 0.29) is 18.4 Å². The Kier molecular flexibility index (Phi) is 11.4. The van der Waals surface area contributed by atoms with E-state index in [0.717, 1.165) is 12.8 Å². The minimum Gasteiger partial charge on any atom is -0.444 e. The lowest BCUT2D eigenvalue weighted by Crippen LogP contribution is -2.55. The number of amides is 3. The molecular formula is C27H39N3O4. The summed E-state index contributed by atoms with van der Waals surface area (Å²) in [6.45, 7) is 15.2. The Morgan fingerprint density at radius 1 is 1.24 bits per heavy atom. The molecule has 0 aromatic heterocycles.